The molecule has 1 aliphatic rings. The lowest BCUT2D eigenvalue weighted by molar-refractivity contribution is 0.112. The molecule has 0 aliphatic heterocycles. The molecule has 1 heterocycles. The van der Waals surface area contributed by atoms with Crippen molar-refractivity contribution >= 4 is 6.29 Å². The summed E-state index contributed by atoms with van der Waals surface area (Å²) < 4.78 is 0. The Balaban J connectivity index is 2.05. The van der Waals surface area contributed by atoms with Gasteiger partial charge in [0.25, 0.3) is 0 Å². The van der Waals surface area contributed by atoms with Crippen LogP contribution in [0.1, 0.15) is 34.8 Å². The van der Waals surface area contributed by atoms with E-state index in [9.17, 15) is 4.79 Å². The highest BCUT2D eigenvalue weighted by Crippen LogP contribution is 2.40. The molecule has 0 radical (unpaired) electrons. The SMILES string of the molecule is O=Cc1cc(-c2ccccc2)cnc1C1CC1. The van der Waals surface area contributed by atoms with E-state index in [2.05, 4.69) is 4.98 Å². The van der Waals surface area contributed by atoms with E-state index >= 15 is 0 Å². The standard InChI is InChI=1S/C15H13NO/c17-10-14-8-13(11-4-2-1-3-5-11)9-16-15(14)12-6-7-12/h1-5,8-10,12H,6-7H2. The van der Waals surface area contributed by atoms with Crippen LogP contribution in [0.15, 0.2) is 42.6 Å². The molecule has 1 saturated carbocycles. The molecule has 3 rings (SSSR count). The Labute approximate surface area is 100 Å². The Bertz CT molecular complexity index is 544. The summed E-state index contributed by atoms with van der Waals surface area (Å²) in [7, 11) is 0. The van der Waals surface area contributed by atoms with Gasteiger partial charge in [0.15, 0.2) is 6.29 Å². The van der Waals surface area contributed by atoms with Crippen molar-refractivity contribution in [2.45, 2.75) is 18.8 Å². The van der Waals surface area contributed by atoms with Gasteiger partial charge in [0.05, 0.1) is 5.69 Å². The Morgan fingerprint density at radius 3 is 2.53 bits per heavy atom. The first-order valence-electron chi connectivity index (χ1n) is 5.89. The van der Waals surface area contributed by atoms with Gasteiger partial charge >= 0.3 is 0 Å². The summed E-state index contributed by atoms with van der Waals surface area (Å²) in [5.74, 6) is 0.514. The highest BCUT2D eigenvalue weighted by molar-refractivity contribution is 5.80. The van der Waals surface area contributed by atoms with E-state index < -0.39 is 0 Å². The van der Waals surface area contributed by atoms with Crippen LogP contribution in [0.2, 0.25) is 0 Å². The van der Waals surface area contributed by atoms with Crippen LogP contribution in [0.3, 0.4) is 0 Å². The number of nitrogens with zero attached hydrogens (tertiary/aromatic N) is 1. The fourth-order valence-corrected chi connectivity index (χ4v) is 2.07. The maximum Gasteiger partial charge on any atom is 0.151 e. The molecule has 1 aliphatic carbocycles. The van der Waals surface area contributed by atoms with Gasteiger partial charge in [-0.3, -0.25) is 9.78 Å². The van der Waals surface area contributed by atoms with Gasteiger partial charge in [-0.1, -0.05) is 30.3 Å². The third kappa shape index (κ3) is 1.98. The Hall–Kier alpha value is -1.96. The zero-order valence-electron chi connectivity index (χ0n) is 9.47. The van der Waals surface area contributed by atoms with Crippen molar-refractivity contribution in [1.29, 1.82) is 0 Å². The van der Waals surface area contributed by atoms with E-state index in [1.54, 1.807) is 0 Å². The minimum atomic E-state index is 0.514. The maximum atomic E-state index is 11.1. The number of rotatable bonds is 3. The predicted molar refractivity (Wildman–Crippen MR) is 67.0 cm³/mol. The lowest BCUT2D eigenvalue weighted by Gasteiger charge is -2.06. The molecule has 2 aromatic rings. The van der Waals surface area contributed by atoms with Crippen LogP contribution in [0, 0.1) is 0 Å². The van der Waals surface area contributed by atoms with Crippen molar-refractivity contribution in [3.63, 3.8) is 0 Å². The number of carbonyl (C=O) groups excluding carboxylic acids is 1. The largest absolute Gasteiger partial charge is 0.298 e. The summed E-state index contributed by atoms with van der Waals surface area (Å²) in [5, 5.41) is 0. The van der Waals surface area contributed by atoms with Gasteiger partial charge in [0, 0.05) is 23.2 Å². The van der Waals surface area contributed by atoms with Crippen molar-refractivity contribution in [2.75, 3.05) is 0 Å². The van der Waals surface area contributed by atoms with Gasteiger partial charge in [-0.25, -0.2) is 0 Å². The van der Waals surface area contributed by atoms with Crippen molar-refractivity contribution in [1.82, 2.24) is 4.98 Å². The smallest absolute Gasteiger partial charge is 0.151 e. The molecule has 1 aromatic carbocycles. The van der Waals surface area contributed by atoms with Gasteiger partial charge in [-0.2, -0.15) is 0 Å². The van der Waals surface area contributed by atoms with Gasteiger partial charge in [-0.15, -0.1) is 0 Å². The number of hydrogen-bond donors (Lipinski definition) is 0. The fraction of sp³-hybridized carbons (Fsp3) is 0.200. The van der Waals surface area contributed by atoms with E-state index in [0.29, 0.717) is 5.92 Å². The first-order valence-corrected chi connectivity index (χ1v) is 5.89. The molecule has 2 heteroatoms. The van der Waals surface area contributed by atoms with E-state index in [1.807, 2.05) is 42.6 Å². The minimum Gasteiger partial charge on any atom is -0.298 e. The first-order chi connectivity index (χ1) is 8.38. The molecule has 84 valence electrons. The molecule has 0 bridgehead atoms. The molecule has 2 nitrogen and oxygen atoms in total. The van der Waals surface area contributed by atoms with Crippen LogP contribution in [-0.4, -0.2) is 11.3 Å². The van der Waals surface area contributed by atoms with Gasteiger partial charge in [0.1, 0.15) is 0 Å². The van der Waals surface area contributed by atoms with Crippen molar-refractivity contribution in [3.05, 3.63) is 53.9 Å². The Morgan fingerprint density at radius 2 is 1.88 bits per heavy atom. The highest BCUT2D eigenvalue weighted by Gasteiger charge is 2.27. The zero-order chi connectivity index (χ0) is 11.7. The number of benzene rings is 1. The number of pyridine rings is 1. The van der Waals surface area contributed by atoms with Crippen LogP contribution in [-0.2, 0) is 0 Å². The second kappa shape index (κ2) is 4.13. The molecule has 0 unspecified atom stereocenters. The van der Waals surface area contributed by atoms with Crippen LogP contribution >= 0.6 is 0 Å². The zero-order valence-corrected chi connectivity index (χ0v) is 9.47. The van der Waals surface area contributed by atoms with E-state index in [4.69, 9.17) is 0 Å². The monoisotopic (exact) mass is 223 g/mol. The quantitative estimate of drug-likeness (QED) is 0.746. The lowest BCUT2D eigenvalue weighted by Crippen LogP contribution is -1.95. The summed E-state index contributed by atoms with van der Waals surface area (Å²) in [6, 6.07) is 12.0. The van der Waals surface area contributed by atoms with Crippen molar-refractivity contribution in [3.8, 4) is 11.1 Å². The molecule has 0 spiro atoms. The molecular weight excluding hydrogens is 210 g/mol. The molecule has 1 aromatic heterocycles. The van der Waals surface area contributed by atoms with Gasteiger partial charge in [0.2, 0.25) is 0 Å². The maximum absolute atomic E-state index is 11.1. The fourth-order valence-electron chi connectivity index (χ4n) is 2.07. The van der Waals surface area contributed by atoms with E-state index in [1.165, 1.54) is 12.8 Å². The first kappa shape index (κ1) is 10.2. The Kier molecular flexibility index (Phi) is 2.48. The van der Waals surface area contributed by atoms with Crippen LogP contribution in [0.4, 0.5) is 0 Å². The predicted octanol–water partition coefficient (Wildman–Crippen LogP) is 3.44. The normalized spacial score (nSPS) is 14.6. The summed E-state index contributed by atoms with van der Waals surface area (Å²) in [4.78, 5) is 15.6. The van der Waals surface area contributed by atoms with Crippen LogP contribution in [0.5, 0.6) is 0 Å². The summed E-state index contributed by atoms with van der Waals surface area (Å²) in [5.41, 5.74) is 3.83. The average molecular weight is 223 g/mol. The summed E-state index contributed by atoms with van der Waals surface area (Å²) >= 11 is 0. The minimum absolute atomic E-state index is 0.514. The lowest BCUT2D eigenvalue weighted by atomic mass is 10.0. The highest BCUT2D eigenvalue weighted by atomic mass is 16.1. The average Bonchev–Trinajstić information content (AvgIpc) is 3.23. The third-order valence-corrected chi connectivity index (χ3v) is 3.15. The number of carbonyl (C=O) groups is 1. The van der Waals surface area contributed by atoms with Crippen LogP contribution in [0.25, 0.3) is 11.1 Å². The Morgan fingerprint density at radius 1 is 1.12 bits per heavy atom. The topological polar surface area (TPSA) is 30.0 Å². The van der Waals surface area contributed by atoms with E-state index in [0.717, 1.165) is 28.7 Å². The number of aldehydes is 1. The van der Waals surface area contributed by atoms with Crippen molar-refractivity contribution in [2.24, 2.45) is 0 Å². The molecule has 17 heavy (non-hydrogen) atoms. The number of aromatic nitrogens is 1. The third-order valence-electron chi connectivity index (χ3n) is 3.15. The molecule has 1 fully saturated rings. The van der Waals surface area contributed by atoms with Crippen LogP contribution < -0.4 is 0 Å². The van der Waals surface area contributed by atoms with Gasteiger partial charge < -0.3 is 0 Å². The second-order valence-corrected chi connectivity index (χ2v) is 4.46. The van der Waals surface area contributed by atoms with Gasteiger partial charge in [-0.05, 0) is 24.5 Å². The molecule has 0 N–H and O–H groups in total. The van der Waals surface area contributed by atoms with E-state index in [-0.39, 0.29) is 0 Å². The van der Waals surface area contributed by atoms with Crippen molar-refractivity contribution < 1.29 is 4.79 Å². The molecule has 0 atom stereocenters. The molecular formula is C15H13NO. The second-order valence-electron chi connectivity index (χ2n) is 4.46. The molecule has 0 amide bonds. The summed E-state index contributed by atoms with van der Waals surface area (Å²) in [6.45, 7) is 0. The summed E-state index contributed by atoms with van der Waals surface area (Å²) in [6.07, 6.45) is 5.13. The number of hydrogen-bond acceptors (Lipinski definition) is 2. The molecule has 0 saturated heterocycles.